The van der Waals surface area contributed by atoms with E-state index in [2.05, 4.69) is 30.7 Å². The molecule has 0 aliphatic carbocycles. The number of rotatable bonds is 1. The molecule has 0 bridgehead atoms. The van der Waals surface area contributed by atoms with Gasteiger partial charge < -0.3 is 13.7 Å². The van der Waals surface area contributed by atoms with Crippen molar-refractivity contribution in [2.45, 2.75) is 65.1 Å². The van der Waals surface area contributed by atoms with Crippen LogP contribution in [0.15, 0.2) is 16.8 Å². The van der Waals surface area contributed by atoms with Crippen LogP contribution in [0, 0.1) is 0 Å². The van der Waals surface area contributed by atoms with Crippen LogP contribution in [0.3, 0.4) is 0 Å². The van der Waals surface area contributed by atoms with E-state index >= 15 is 0 Å². The lowest BCUT2D eigenvalue weighted by Gasteiger charge is -2.32. The molecular formula is C16H23BN2O3. The Morgan fingerprint density at radius 2 is 1.59 bits per heavy atom. The standard InChI is InChI=1S/C16H23BN2O3/c1-14(2,3)13-19-11-9-18-8-10(12(11)20-13)17-21-15(4,5)16(6,7)22-17/h8-9H,1-7H3. The van der Waals surface area contributed by atoms with Gasteiger partial charge in [0.15, 0.2) is 5.58 Å². The first-order valence-corrected chi connectivity index (χ1v) is 7.62. The molecule has 6 heteroatoms. The predicted octanol–water partition coefficient (Wildman–Crippen LogP) is 2.82. The Kier molecular flexibility index (Phi) is 3.21. The summed E-state index contributed by atoms with van der Waals surface area (Å²) in [5.74, 6) is 0.688. The Labute approximate surface area is 131 Å². The van der Waals surface area contributed by atoms with Gasteiger partial charge in [0, 0.05) is 17.1 Å². The predicted molar refractivity (Wildman–Crippen MR) is 86.2 cm³/mol. The molecule has 0 spiro atoms. The molecule has 0 amide bonds. The van der Waals surface area contributed by atoms with Crippen molar-refractivity contribution in [2.75, 3.05) is 0 Å². The zero-order valence-corrected chi connectivity index (χ0v) is 14.4. The molecule has 0 aromatic carbocycles. The maximum Gasteiger partial charge on any atom is 0.500 e. The maximum atomic E-state index is 6.10. The average molecular weight is 302 g/mol. The van der Waals surface area contributed by atoms with Crippen LogP contribution in [-0.2, 0) is 14.7 Å². The second-order valence-electron chi connectivity index (χ2n) is 7.93. The monoisotopic (exact) mass is 302 g/mol. The fourth-order valence-electron chi connectivity index (χ4n) is 2.33. The average Bonchev–Trinajstić information content (AvgIpc) is 2.88. The number of oxazole rings is 1. The Morgan fingerprint density at radius 3 is 2.14 bits per heavy atom. The second kappa shape index (κ2) is 4.55. The molecule has 1 saturated heterocycles. The minimum atomic E-state index is -0.498. The third-order valence-corrected chi connectivity index (χ3v) is 4.47. The summed E-state index contributed by atoms with van der Waals surface area (Å²) < 4.78 is 18.2. The maximum absolute atomic E-state index is 6.10. The molecule has 3 rings (SSSR count). The van der Waals surface area contributed by atoms with Crippen LogP contribution >= 0.6 is 0 Å². The summed E-state index contributed by atoms with van der Waals surface area (Å²) in [6, 6.07) is 0. The molecule has 0 saturated carbocycles. The van der Waals surface area contributed by atoms with Gasteiger partial charge in [-0.2, -0.15) is 0 Å². The van der Waals surface area contributed by atoms with Gasteiger partial charge in [-0.3, -0.25) is 4.98 Å². The summed E-state index contributed by atoms with van der Waals surface area (Å²) in [7, 11) is -0.498. The highest BCUT2D eigenvalue weighted by molar-refractivity contribution is 6.64. The minimum Gasteiger partial charge on any atom is -0.440 e. The molecule has 0 unspecified atom stereocenters. The summed E-state index contributed by atoms with van der Waals surface area (Å²) in [4.78, 5) is 8.81. The molecule has 0 N–H and O–H groups in total. The van der Waals surface area contributed by atoms with Crippen molar-refractivity contribution >= 4 is 23.7 Å². The van der Waals surface area contributed by atoms with E-state index in [0.717, 1.165) is 11.0 Å². The zero-order valence-electron chi connectivity index (χ0n) is 14.4. The van der Waals surface area contributed by atoms with Gasteiger partial charge in [0.2, 0.25) is 5.89 Å². The van der Waals surface area contributed by atoms with Crippen LogP contribution in [0.5, 0.6) is 0 Å². The number of fused-ring (bicyclic) bond motifs is 1. The highest BCUT2D eigenvalue weighted by Crippen LogP contribution is 2.37. The van der Waals surface area contributed by atoms with Crippen molar-refractivity contribution in [1.82, 2.24) is 9.97 Å². The van der Waals surface area contributed by atoms with Crippen LogP contribution in [0.4, 0.5) is 0 Å². The highest BCUT2D eigenvalue weighted by atomic mass is 16.7. The molecule has 1 fully saturated rings. The second-order valence-corrected chi connectivity index (χ2v) is 7.93. The van der Waals surface area contributed by atoms with Crippen LogP contribution < -0.4 is 5.46 Å². The van der Waals surface area contributed by atoms with Crippen molar-refractivity contribution in [2.24, 2.45) is 0 Å². The SMILES string of the molecule is CC(C)(C)c1nc2cncc(B3OC(C)(C)C(C)(C)O3)c2o1. The number of nitrogens with zero attached hydrogens (tertiary/aromatic N) is 2. The van der Waals surface area contributed by atoms with Gasteiger partial charge in [0.05, 0.1) is 17.4 Å². The Morgan fingerprint density at radius 1 is 1.00 bits per heavy atom. The minimum absolute atomic E-state index is 0.160. The van der Waals surface area contributed by atoms with Gasteiger partial charge in [-0.05, 0) is 27.7 Å². The lowest BCUT2D eigenvalue weighted by molar-refractivity contribution is 0.00578. The molecule has 3 heterocycles. The normalized spacial score (nSPS) is 20.8. The van der Waals surface area contributed by atoms with E-state index in [1.165, 1.54) is 0 Å². The quantitative estimate of drug-likeness (QED) is 0.758. The molecular weight excluding hydrogens is 279 g/mol. The van der Waals surface area contributed by atoms with E-state index in [1.54, 1.807) is 12.4 Å². The number of pyridine rings is 1. The summed E-state index contributed by atoms with van der Waals surface area (Å²) in [6.07, 6.45) is 3.45. The largest absolute Gasteiger partial charge is 0.500 e. The smallest absolute Gasteiger partial charge is 0.440 e. The van der Waals surface area contributed by atoms with Crippen LogP contribution in [0.2, 0.25) is 0 Å². The van der Waals surface area contributed by atoms with Crippen LogP contribution in [0.25, 0.3) is 11.1 Å². The molecule has 5 nitrogen and oxygen atoms in total. The van der Waals surface area contributed by atoms with Gasteiger partial charge in [-0.25, -0.2) is 4.98 Å². The zero-order chi connectivity index (χ0) is 16.3. The Balaban J connectivity index is 2.07. The molecule has 0 atom stereocenters. The van der Waals surface area contributed by atoms with Crippen LogP contribution in [0.1, 0.15) is 54.4 Å². The molecule has 2 aromatic rings. The molecule has 0 radical (unpaired) electrons. The Hall–Kier alpha value is -1.40. The fourth-order valence-corrected chi connectivity index (χ4v) is 2.33. The van der Waals surface area contributed by atoms with Gasteiger partial charge in [0.25, 0.3) is 0 Å². The van der Waals surface area contributed by atoms with E-state index in [1.807, 2.05) is 27.7 Å². The van der Waals surface area contributed by atoms with E-state index in [4.69, 9.17) is 13.7 Å². The summed E-state index contributed by atoms with van der Waals surface area (Å²) in [5, 5.41) is 0. The highest BCUT2D eigenvalue weighted by Gasteiger charge is 2.52. The van der Waals surface area contributed by atoms with Gasteiger partial charge >= 0.3 is 7.12 Å². The molecule has 1 aliphatic rings. The summed E-state index contributed by atoms with van der Waals surface area (Å²) >= 11 is 0. The van der Waals surface area contributed by atoms with Crippen molar-refractivity contribution in [3.8, 4) is 0 Å². The van der Waals surface area contributed by atoms with Gasteiger partial charge in [-0.1, -0.05) is 20.8 Å². The van der Waals surface area contributed by atoms with Gasteiger partial charge in [0.1, 0.15) is 5.52 Å². The fraction of sp³-hybridized carbons (Fsp3) is 0.625. The number of aromatic nitrogens is 2. The molecule has 118 valence electrons. The molecule has 2 aromatic heterocycles. The van der Waals surface area contributed by atoms with Crippen LogP contribution in [-0.4, -0.2) is 28.3 Å². The first-order valence-electron chi connectivity index (χ1n) is 7.62. The van der Waals surface area contributed by atoms with Crippen molar-refractivity contribution in [3.05, 3.63) is 18.3 Å². The van der Waals surface area contributed by atoms with E-state index in [9.17, 15) is 0 Å². The lowest BCUT2D eigenvalue weighted by Crippen LogP contribution is -2.41. The molecule has 1 aliphatic heterocycles. The van der Waals surface area contributed by atoms with E-state index in [-0.39, 0.29) is 5.41 Å². The topological polar surface area (TPSA) is 57.4 Å². The Bertz CT molecular complexity index is 700. The first-order chi connectivity index (χ1) is 10.0. The van der Waals surface area contributed by atoms with Crippen molar-refractivity contribution < 1.29 is 13.7 Å². The number of hydrogen-bond donors (Lipinski definition) is 0. The van der Waals surface area contributed by atoms with Crippen molar-refractivity contribution in [1.29, 1.82) is 0 Å². The lowest BCUT2D eigenvalue weighted by atomic mass is 9.80. The van der Waals surface area contributed by atoms with Crippen molar-refractivity contribution in [3.63, 3.8) is 0 Å². The summed E-state index contributed by atoms with van der Waals surface area (Å²) in [5.41, 5.74) is 1.26. The van der Waals surface area contributed by atoms with Gasteiger partial charge in [-0.15, -0.1) is 0 Å². The van der Waals surface area contributed by atoms with E-state index in [0.29, 0.717) is 11.5 Å². The third-order valence-electron chi connectivity index (χ3n) is 4.47. The summed E-state index contributed by atoms with van der Waals surface area (Å²) in [6.45, 7) is 14.3. The third kappa shape index (κ3) is 2.34. The number of hydrogen-bond acceptors (Lipinski definition) is 5. The first kappa shape index (κ1) is 15.5. The van der Waals surface area contributed by atoms with E-state index < -0.39 is 18.3 Å². The molecule has 22 heavy (non-hydrogen) atoms.